The first-order valence-corrected chi connectivity index (χ1v) is 6.83. The van der Waals surface area contributed by atoms with Gasteiger partial charge in [0, 0.05) is 29.6 Å². The summed E-state index contributed by atoms with van der Waals surface area (Å²) in [6, 6.07) is 11.4. The van der Waals surface area contributed by atoms with Gasteiger partial charge in [0.25, 0.3) is 0 Å². The maximum atomic E-state index is 11.3. The number of fused-ring (bicyclic) bond motifs is 1. The highest BCUT2D eigenvalue weighted by Gasteiger charge is 2.15. The Morgan fingerprint density at radius 1 is 1.09 bits per heavy atom. The average Bonchev–Trinajstić information content (AvgIpc) is 2.89. The number of hydrogen-bond donors (Lipinski definition) is 0. The number of nitrogens with zero attached hydrogens (tertiary/aromatic N) is 2. The summed E-state index contributed by atoms with van der Waals surface area (Å²) >= 11 is 0. The smallest absolute Gasteiger partial charge is 0.168 e. The van der Waals surface area contributed by atoms with Gasteiger partial charge in [0.2, 0.25) is 0 Å². The maximum Gasteiger partial charge on any atom is 0.168 e. The summed E-state index contributed by atoms with van der Waals surface area (Å²) in [4.78, 5) is 11.3. The first-order valence-electron chi connectivity index (χ1n) is 6.83. The molecule has 0 amide bonds. The van der Waals surface area contributed by atoms with Crippen molar-refractivity contribution in [3.63, 3.8) is 0 Å². The van der Waals surface area contributed by atoms with E-state index in [1.165, 1.54) is 0 Å². The van der Waals surface area contributed by atoms with Crippen molar-refractivity contribution in [3.8, 4) is 22.6 Å². The predicted molar refractivity (Wildman–Crippen MR) is 84.6 cm³/mol. The lowest BCUT2D eigenvalue weighted by Crippen LogP contribution is -1.95. The van der Waals surface area contributed by atoms with Crippen LogP contribution in [0.4, 0.5) is 0 Å². The number of carbonyl (C=O) groups excluding carboxylic acids is 1. The van der Waals surface area contributed by atoms with Crippen LogP contribution in [0.3, 0.4) is 0 Å². The number of aldehydes is 1. The Labute approximate surface area is 128 Å². The molecule has 0 radical (unpaired) electrons. The van der Waals surface area contributed by atoms with Crippen molar-refractivity contribution in [1.82, 2.24) is 9.78 Å². The number of carbonyl (C=O) groups is 1. The van der Waals surface area contributed by atoms with Gasteiger partial charge in [-0.3, -0.25) is 9.48 Å². The minimum atomic E-state index is 0.560. The van der Waals surface area contributed by atoms with E-state index in [9.17, 15) is 4.79 Å². The third-order valence-corrected chi connectivity index (χ3v) is 3.72. The van der Waals surface area contributed by atoms with Crippen LogP contribution in [0.25, 0.3) is 22.0 Å². The molecule has 5 heteroatoms. The van der Waals surface area contributed by atoms with Crippen molar-refractivity contribution in [2.24, 2.45) is 7.05 Å². The van der Waals surface area contributed by atoms with Crippen LogP contribution in [0.1, 0.15) is 10.5 Å². The average molecular weight is 296 g/mol. The summed E-state index contributed by atoms with van der Waals surface area (Å²) in [5.41, 5.74) is 3.16. The van der Waals surface area contributed by atoms with Crippen molar-refractivity contribution < 1.29 is 14.3 Å². The molecule has 0 saturated carbocycles. The maximum absolute atomic E-state index is 11.3. The van der Waals surface area contributed by atoms with E-state index >= 15 is 0 Å². The number of aryl methyl sites for hydroxylation is 1. The minimum absolute atomic E-state index is 0.560. The molecule has 0 aliphatic carbocycles. The minimum Gasteiger partial charge on any atom is -0.497 e. The molecular weight excluding hydrogens is 280 g/mol. The number of rotatable bonds is 4. The number of methoxy groups -OCH3 is 2. The van der Waals surface area contributed by atoms with E-state index in [4.69, 9.17) is 9.47 Å². The summed E-state index contributed by atoms with van der Waals surface area (Å²) in [5.74, 6) is 1.42. The van der Waals surface area contributed by atoms with Crippen molar-refractivity contribution in [3.05, 3.63) is 42.1 Å². The van der Waals surface area contributed by atoms with E-state index in [0.29, 0.717) is 11.4 Å². The molecule has 0 atom stereocenters. The quantitative estimate of drug-likeness (QED) is 0.694. The highest BCUT2D eigenvalue weighted by Crippen LogP contribution is 2.37. The Hall–Kier alpha value is -2.82. The van der Waals surface area contributed by atoms with Crippen molar-refractivity contribution in [2.75, 3.05) is 14.2 Å². The molecule has 0 bridgehead atoms. The summed E-state index contributed by atoms with van der Waals surface area (Å²) in [6.45, 7) is 0. The molecule has 0 saturated heterocycles. The molecule has 22 heavy (non-hydrogen) atoms. The fourth-order valence-electron chi connectivity index (χ4n) is 2.61. The monoisotopic (exact) mass is 296 g/mol. The standard InChI is InChI=1S/C17H16N2O3/c1-19-15(10-20)14-6-4-5-13(17(14)18-19)12-8-7-11(21-2)9-16(12)22-3/h4-10H,1-3H3. The van der Waals surface area contributed by atoms with Gasteiger partial charge in [-0.15, -0.1) is 0 Å². The van der Waals surface area contributed by atoms with Crippen molar-refractivity contribution in [2.45, 2.75) is 0 Å². The molecule has 1 heterocycles. The lowest BCUT2D eigenvalue weighted by molar-refractivity contribution is 0.111. The van der Waals surface area contributed by atoms with Gasteiger partial charge in [-0.05, 0) is 12.1 Å². The van der Waals surface area contributed by atoms with Crippen LogP contribution in [0.2, 0.25) is 0 Å². The van der Waals surface area contributed by atoms with Crippen LogP contribution < -0.4 is 9.47 Å². The van der Waals surface area contributed by atoms with Crippen LogP contribution in [-0.4, -0.2) is 30.3 Å². The van der Waals surface area contributed by atoms with E-state index in [0.717, 1.165) is 34.1 Å². The fourth-order valence-corrected chi connectivity index (χ4v) is 2.61. The zero-order valence-electron chi connectivity index (χ0n) is 12.7. The predicted octanol–water partition coefficient (Wildman–Crippen LogP) is 3.07. The number of aromatic nitrogens is 2. The van der Waals surface area contributed by atoms with Gasteiger partial charge < -0.3 is 9.47 Å². The molecule has 0 unspecified atom stereocenters. The van der Waals surface area contributed by atoms with Crippen molar-refractivity contribution in [1.29, 1.82) is 0 Å². The molecular formula is C17H16N2O3. The lowest BCUT2D eigenvalue weighted by atomic mass is 10.0. The highest BCUT2D eigenvalue weighted by atomic mass is 16.5. The first-order chi connectivity index (χ1) is 10.7. The van der Waals surface area contributed by atoms with Gasteiger partial charge in [-0.2, -0.15) is 5.10 Å². The summed E-state index contributed by atoms with van der Waals surface area (Å²) < 4.78 is 12.3. The van der Waals surface area contributed by atoms with Gasteiger partial charge in [-0.25, -0.2) is 0 Å². The normalized spacial score (nSPS) is 10.7. The van der Waals surface area contributed by atoms with E-state index in [1.54, 1.807) is 25.9 Å². The number of benzene rings is 2. The molecule has 0 spiro atoms. The molecule has 2 aromatic carbocycles. The van der Waals surface area contributed by atoms with E-state index in [2.05, 4.69) is 5.10 Å². The van der Waals surface area contributed by atoms with Crippen LogP contribution in [0.15, 0.2) is 36.4 Å². The zero-order chi connectivity index (χ0) is 15.7. The second kappa shape index (κ2) is 5.52. The van der Waals surface area contributed by atoms with Crippen molar-refractivity contribution >= 4 is 17.2 Å². The van der Waals surface area contributed by atoms with Gasteiger partial charge in [0.1, 0.15) is 22.7 Å². The molecule has 3 aromatic rings. The molecule has 0 aliphatic heterocycles. The topological polar surface area (TPSA) is 53.4 Å². The van der Waals surface area contributed by atoms with Gasteiger partial charge in [0.15, 0.2) is 6.29 Å². The van der Waals surface area contributed by atoms with Gasteiger partial charge >= 0.3 is 0 Å². The second-order valence-electron chi connectivity index (χ2n) is 4.89. The van der Waals surface area contributed by atoms with E-state index in [-0.39, 0.29) is 0 Å². The Kier molecular flexibility index (Phi) is 3.55. The summed E-state index contributed by atoms with van der Waals surface area (Å²) in [7, 11) is 5.00. The van der Waals surface area contributed by atoms with E-state index < -0.39 is 0 Å². The Morgan fingerprint density at radius 3 is 2.59 bits per heavy atom. The zero-order valence-corrected chi connectivity index (χ0v) is 12.7. The van der Waals surface area contributed by atoms with Crippen LogP contribution >= 0.6 is 0 Å². The number of hydrogen-bond acceptors (Lipinski definition) is 4. The molecule has 112 valence electrons. The molecule has 0 aliphatic rings. The Morgan fingerprint density at radius 2 is 1.91 bits per heavy atom. The number of ether oxygens (including phenoxy) is 2. The molecule has 1 aromatic heterocycles. The summed E-state index contributed by atoms with van der Waals surface area (Å²) in [5, 5.41) is 5.30. The van der Waals surface area contributed by atoms with Crippen LogP contribution in [-0.2, 0) is 7.05 Å². The van der Waals surface area contributed by atoms with Crippen LogP contribution in [0.5, 0.6) is 11.5 Å². The van der Waals surface area contributed by atoms with Crippen LogP contribution in [0, 0.1) is 0 Å². The Balaban J connectivity index is 2.29. The lowest BCUT2D eigenvalue weighted by Gasteiger charge is -2.11. The Bertz CT molecular complexity index is 852. The van der Waals surface area contributed by atoms with Gasteiger partial charge in [-0.1, -0.05) is 18.2 Å². The SMILES string of the molecule is COc1ccc(-c2cccc3c(C=O)n(C)nc23)c(OC)c1. The molecule has 0 N–H and O–H groups in total. The molecule has 5 nitrogen and oxygen atoms in total. The third-order valence-electron chi connectivity index (χ3n) is 3.72. The first kappa shape index (κ1) is 14.1. The summed E-state index contributed by atoms with van der Waals surface area (Å²) in [6.07, 6.45) is 0.824. The largest absolute Gasteiger partial charge is 0.497 e. The highest BCUT2D eigenvalue weighted by molar-refractivity contribution is 6.02. The third kappa shape index (κ3) is 2.11. The molecule has 3 rings (SSSR count). The van der Waals surface area contributed by atoms with E-state index in [1.807, 2.05) is 36.4 Å². The molecule has 0 fully saturated rings. The fraction of sp³-hybridized carbons (Fsp3) is 0.176. The van der Waals surface area contributed by atoms with Gasteiger partial charge in [0.05, 0.1) is 14.2 Å². The second-order valence-corrected chi connectivity index (χ2v) is 4.89.